The van der Waals surface area contributed by atoms with Crippen molar-refractivity contribution < 1.29 is 0 Å². The lowest BCUT2D eigenvalue weighted by molar-refractivity contribution is 0.490. The van der Waals surface area contributed by atoms with Crippen LogP contribution in [0.25, 0.3) is 0 Å². The topological polar surface area (TPSA) is 16.1 Å². The fourth-order valence-corrected chi connectivity index (χ4v) is 3.67. The molecular weight excluding hydrogens is 272 g/mol. The normalized spacial score (nSPS) is 22.1. The summed E-state index contributed by atoms with van der Waals surface area (Å²) in [6, 6.07) is 0.642. The minimum absolute atomic E-state index is 0.642. The van der Waals surface area contributed by atoms with Crippen LogP contribution in [0.3, 0.4) is 0 Å². The van der Waals surface area contributed by atoms with Gasteiger partial charge in [-0.15, -0.1) is 11.3 Å². The standard InChI is InChI=1S/C11H17BrN2S/c1-8-9(2)15-11(13-8)14-6-4-3-5-10(14)7-12/h10H,3-7H2,1-2H3. The lowest BCUT2D eigenvalue weighted by Gasteiger charge is -2.34. The summed E-state index contributed by atoms with van der Waals surface area (Å²) in [6.45, 7) is 5.43. The number of hydrogen-bond donors (Lipinski definition) is 0. The first-order valence-electron chi connectivity index (χ1n) is 5.49. The molecule has 2 nitrogen and oxygen atoms in total. The van der Waals surface area contributed by atoms with E-state index in [-0.39, 0.29) is 0 Å². The van der Waals surface area contributed by atoms with E-state index in [0.717, 1.165) is 5.33 Å². The molecule has 0 bridgehead atoms. The van der Waals surface area contributed by atoms with Crippen molar-refractivity contribution in [3.8, 4) is 0 Å². The van der Waals surface area contributed by atoms with E-state index in [1.54, 1.807) is 0 Å². The lowest BCUT2D eigenvalue weighted by Crippen LogP contribution is -2.40. The fourth-order valence-electron chi connectivity index (χ4n) is 1.99. The molecule has 0 aliphatic carbocycles. The average Bonchev–Trinajstić information content (AvgIpc) is 2.59. The van der Waals surface area contributed by atoms with E-state index in [9.17, 15) is 0 Å². The van der Waals surface area contributed by atoms with Crippen molar-refractivity contribution in [3.63, 3.8) is 0 Å². The van der Waals surface area contributed by atoms with E-state index in [4.69, 9.17) is 0 Å². The second-order valence-corrected chi connectivity index (χ2v) is 5.96. The van der Waals surface area contributed by atoms with Gasteiger partial charge < -0.3 is 4.90 Å². The molecule has 15 heavy (non-hydrogen) atoms. The number of rotatable bonds is 2. The van der Waals surface area contributed by atoms with Gasteiger partial charge in [0.25, 0.3) is 0 Å². The Kier molecular flexibility index (Phi) is 3.67. The zero-order valence-corrected chi connectivity index (χ0v) is 11.7. The van der Waals surface area contributed by atoms with Crippen LogP contribution in [0.2, 0.25) is 0 Å². The molecule has 1 fully saturated rings. The molecule has 1 aromatic heterocycles. The molecule has 0 N–H and O–H groups in total. The van der Waals surface area contributed by atoms with Crippen molar-refractivity contribution >= 4 is 32.4 Å². The number of aromatic nitrogens is 1. The molecular formula is C11H17BrN2S. The maximum atomic E-state index is 4.66. The molecule has 1 aromatic rings. The van der Waals surface area contributed by atoms with Gasteiger partial charge in [-0.3, -0.25) is 0 Å². The maximum Gasteiger partial charge on any atom is 0.186 e. The Morgan fingerprint density at radius 1 is 1.47 bits per heavy atom. The Labute approximate surface area is 104 Å². The summed E-state index contributed by atoms with van der Waals surface area (Å²) in [6.07, 6.45) is 3.96. The third-order valence-electron chi connectivity index (χ3n) is 3.07. The highest BCUT2D eigenvalue weighted by molar-refractivity contribution is 9.09. The van der Waals surface area contributed by atoms with Gasteiger partial charge in [0.05, 0.1) is 5.69 Å². The highest BCUT2D eigenvalue weighted by Crippen LogP contribution is 2.30. The number of anilines is 1. The molecule has 1 saturated heterocycles. The van der Waals surface area contributed by atoms with Crippen LogP contribution in [0.15, 0.2) is 0 Å². The van der Waals surface area contributed by atoms with Crippen molar-refractivity contribution in [1.82, 2.24) is 4.98 Å². The number of thiazole rings is 1. The first-order chi connectivity index (χ1) is 7.22. The molecule has 84 valence electrons. The van der Waals surface area contributed by atoms with Crippen LogP contribution in [-0.4, -0.2) is 22.9 Å². The van der Waals surface area contributed by atoms with Crippen molar-refractivity contribution in [3.05, 3.63) is 10.6 Å². The van der Waals surface area contributed by atoms with Crippen LogP contribution in [0.1, 0.15) is 29.8 Å². The van der Waals surface area contributed by atoms with Gasteiger partial charge in [0.1, 0.15) is 0 Å². The van der Waals surface area contributed by atoms with Crippen LogP contribution < -0.4 is 4.90 Å². The van der Waals surface area contributed by atoms with Gasteiger partial charge >= 0.3 is 0 Å². The molecule has 0 aromatic carbocycles. The maximum absolute atomic E-state index is 4.66. The Hall–Kier alpha value is -0.0900. The third kappa shape index (κ3) is 2.36. The first-order valence-corrected chi connectivity index (χ1v) is 7.43. The van der Waals surface area contributed by atoms with E-state index in [2.05, 4.69) is 39.7 Å². The summed E-state index contributed by atoms with van der Waals surface area (Å²) in [5.41, 5.74) is 1.19. The highest BCUT2D eigenvalue weighted by atomic mass is 79.9. The smallest absolute Gasteiger partial charge is 0.186 e. The van der Waals surface area contributed by atoms with Crippen molar-refractivity contribution in [2.75, 3.05) is 16.8 Å². The van der Waals surface area contributed by atoms with Crippen LogP contribution in [0.4, 0.5) is 5.13 Å². The molecule has 0 radical (unpaired) electrons. The monoisotopic (exact) mass is 288 g/mol. The molecule has 1 unspecified atom stereocenters. The van der Waals surface area contributed by atoms with Crippen molar-refractivity contribution in [1.29, 1.82) is 0 Å². The Balaban J connectivity index is 2.20. The zero-order valence-electron chi connectivity index (χ0n) is 9.29. The Morgan fingerprint density at radius 3 is 2.87 bits per heavy atom. The Morgan fingerprint density at radius 2 is 2.27 bits per heavy atom. The first kappa shape index (κ1) is 11.4. The summed E-state index contributed by atoms with van der Waals surface area (Å²) in [4.78, 5) is 8.48. The summed E-state index contributed by atoms with van der Waals surface area (Å²) >= 11 is 5.44. The minimum atomic E-state index is 0.642. The minimum Gasteiger partial charge on any atom is -0.344 e. The Bertz CT molecular complexity index is 318. The second kappa shape index (κ2) is 4.83. The van der Waals surface area contributed by atoms with Gasteiger partial charge in [-0.2, -0.15) is 0 Å². The van der Waals surface area contributed by atoms with Crippen LogP contribution in [0.5, 0.6) is 0 Å². The number of aryl methyl sites for hydroxylation is 2. The summed E-state index contributed by atoms with van der Waals surface area (Å²) in [5.74, 6) is 0. The SMILES string of the molecule is Cc1nc(N2CCCCC2CBr)sc1C. The number of piperidine rings is 1. The molecule has 4 heteroatoms. The van der Waals surface area contributed by atoms with Gasteiger partial charge in [0.15, 0.2) is 5.13 Å². The van der Waals surface area contributed by atoms with Crippen molar-refractivity contribution in [2.24, 2.45) is 0 Å². The van der Waals surface area contributed by atoms with E-state index < -0.39 is 0 Å². The largest absolute Gasteiger partial charge is 0.344 e. The van der Waals surface area contributed by atoms with E-state index in [1.807, 2.05) is 11.3 Å². The molecule has 1 aliphatic heterocycles. The lowest BCUT2D eigenvalue weighted by atomic mass is 10.0. The zero-order chi connectivity index (χ0) is 10.8. The van der Waals surface area contributed by atoms with Crippen LogP contribution >= 0.6 is 27.3 Å². The second-order valence-electron chi connectivity index (χ2n) is 4.14. The fraction of sp³-hybridized carbons (Fsp3) is 0.727. The highest BCUT2D eigenvalue weighted by Gasteiger charge is 2.24. The number of halogens is 1. The predicted molar refractivity (Wildman–Crippen MR) is 70.4 cm³/mol. The number of alkyl halides is 1. The molecule has 0 spiro atoms. The summed E-state index contributed by atoms with van der Waals surface area (Å²) in [5, 5.41) is 2.28. The van der Waals surface area contributed by atoms with Crippen LogP contribution in [-0.2, 0) is 0 Å². The van der Waals surface area contributed by atoms with E-state index >= 15 is 0 Å². The van der Waals surface area contributed by atoms with Crippen LogP contribution in [0, 0.1) is 13.8 Å². The molecule has 2 rings (SSSR count). The molecule has 0 amide bonds. The van der Waals surface area contributed by atoms with E-state index in [1.165, 1.54) is 41.5 Å². The van der Waals surface area contributed by atoms with E-state index in [0.29, 0.717) is 6.04 Å². The van der Waals surface area contributed by atoms with Gasteiger partial charge in [0, 0.05) is 22.8 Å². The van der Waals surface area contributed by atoms with Gasteiger partial charge in [-0.05, 0) is 33.1 Å². The molecule has 1 aliphatic rings. The number of nitrogens with zero attached hydrogens (tertiary/aromatic N) is 2. The third-order valence-corrected chi connectivity index (χ3v) is 4.93. The van der Waals surface area contributed by atoms with Gasteiger partial charge in [-0.25, -0.2) is 4.98 Å². The van der Waals surface area contributed by atoms with Gasteiger partial charge in [-0.1, -0.05) is 15.9 Å². The molecule has 2 heterocycles. The average molecular weight is 289 g/mol. The van der Waals surface area contributed by atoms with Gasteiger partial charge in [0.2, 0.25) is 0 Å². The number of hydrogen-bond acceptors (Lipinski definition) is 3. The summed E-state index contributed by atoms with van der Waals surface area (Å²) in [7, 11) is 0. The molecule has 0 saturated carbocycles. The predicted octanol–water partition coefficient (Wildman–Crippen LogP) is 3.51. The van der Waals surface area contributed by atoms with Crippen molar-refractivity contribution in [2.45, 2.75) is 39.2 Å². The summed E-state index contributed by atoms with van der Waals surface area (Å²) < 4.78 is 0. The quantitative estimate of drug-likeness (QED) is 0.774. The molecule has 1 atom stereocenters.